The second-order valence-electron chi connectivity index (χ2n) is 9.45. The SMILES string of the molecule is CCOc1ccc(/C(O)=C2/C(=O)C(=O)N(c3ccc(F)cc3F)C2c2cccnc2)cc1C(C)(C)C. The van der Waals surface area contributed by atoms with E-state index in [1.54, 1.807) is 30.3 Å². The molecule has 0 bridgehead atoms. The Hall–Kier alpha value is -4.07. The number of hydrogen-bond donors (Lipinski definition) is 1. The van der Waals surface area contributed by atoms with Crippen molar-refractivity contribution in [2.24, 2.45) is 0 Å². The van der Waals surface area contributed by atoms with Crippen molar-refractivity contribution in [1.29, 1.82) is 0 Å². The molecule has 1 fully saturated rings. The number of ketones is 1. The lowest BCUT2D eigenvalue weighted by Gasteiger charge is -2.26. The highest BCUT2D eigenvalue weighted by Crippen LogP contribution is 2.43. The summed E-state index contributed by atoms with van der Waals surface area (Å²) in [5.74, 6) is -3.65. The number of carbonyl (C=O) groups excluding carboxylic acids is 2. The minimum atomic E-state index is -1.18. The number of benzene rings is 2. The second kappa shape index (κ2) is 9.53. The van der Waals surface area contributed by atoms with Gasteiger partial charge in [-0.05, 0) is 54.3 Å². The highest BCUT2D eigenvalue weighted by Gasteiger charge is 2.48. The summed E-state index contributed by atoms with van der Waals surface area (Å²) in [6.45, 7) is 8.27. The van der Waals surface area contributed by atoms with E-state index < -0.39 is 35.1 Å². The van der Waals surface area contributed by atoms with Crippen LogP contribution in [0.25, 0.3) is 5.76 Å². The van der Waals surface area contributed by atoms with Crippen molar-refractivity contribution in [1.82, 2.24) is 4.98 Å². The molecular formula is C28H26F2N2O4. The summed E-state index contributed by atoms with van der Waals surface area (Å²) in [4.78, 5) is 31.4. The van der Waals surface area contributed by atoms with E-state index in [2.05, 4.69) is 4.98 Å². The molecule has 1 saturated heterocycles. The van der Waals surface area contributed by atoms with Gasteiger partial charge < -0.3 is 9.84 Å². The summed E-state index contributed by atoms with van der Waals surface area (Å²) >= 11 is 0. The van der Waals surface area contributed by atoms with Gasteiger partial charge in [-0.1, -0.05) is 26.8 Å². The first-order chi connectivity index (χ1) is 17.0. The number of carbonyl (C=O) groups is 2. The van der Waals surface area contributed by atoms with E-state index in [0.29, 0.717) is 29.5 Å². The van der Waals surface area contributed by atoms with Gasteiger partial charge in [-0.2, -0.15) is 0 Å². The molecule has 4 rings (SSSR count). The van der Waals surface area contributed by atoms with E-state index in [1.165, 1.54) is 12.4 Å². The Morgan fingerprint density at radius 3 is 2.47 bits per heavy atom. The predicted octanol–water partition coefficient (Wildman–Crippen LogP) is 5.68. The first-order valence-electron chi connectivity index (χ1n) is 11.5. The van der Waals surface area contributed by atoms with Gasteiger partial charge in [0.1, 0.15) is 23.1 Å². The average Bonchev–Trinajstić information content (AvgIpc) is 3.09. The molecule has 186 valence electrons. The molecule has 6 nitrogen and oxygen atoms in total. The van der Waals surface area contributed by atoms with Crippen LogP contribution in [0.4, 0.5) is 14.5 Å². The third-order valence-corrected chi connectivity index (χ3v) is 5.97. The van der Waals surface area contributed by atoms with Gasteiger partial charge in [0, 0.05) is 29.6 Å². The number of nitrogens with zero attached hydrogens (tertiary/aromatic N) is 2. The number of anilines is 1. The number of rotatable bonds is 5. The molecule has 8 heteroatoms. The average molecular weight is 493 g/mol. The number of aliphatic hydroxyl groups is 1. The van der Waals surface area contributed by atoms with Crippen LogP contribution in [0.15, 0.2) is 66.5 Å². The number of aromatic nitrogens is 1. The van der Waals surface area contributed by atoms with E-state index in [0.717, 1.165) is 22.6 Å². The van der Waals surface area contributed by atoms with Crippen molar-refractivity contribution in [2.45, 2.75) is 39.2 Å². The number of amides is 1. The van der Waals surface area contributed by atoms with Crippen molar-refractivity contribution in [3.8, 4) is 5.75 Å². The number of Topliss-reactive ketones (excluding diaryl/α,β-unsaturated/α-hetero) is 1. The maximum Gasteiger partial charge on any atom is 0.300 e. The van der Waals surface area contributed by atoms with Gasteiger partial charge in [0.05, 0.1) is 23.9 Å². The molecule has 0 aliphatic carbocycles. The summed E-state index contributed by atoms with van der Waals surface area (Å²) in [6, 6.07) is 9.78. The second-order valence-corrected chi connectivity index (χ2v) is 9.45. The molecule has 2 aromatic carbocycles. The molecular weight excluding hydrogens is 466 g/mol. The van der Waals surface area contributed by atoms with Crippen molar-refractivity contribution in [3.63, 3.8) is 0 Å². The van der Waals surface area contributed by atoms with Crippen LogP contribution >= 0.6 is 0 Å². The van der Waals surface area contributed by atoms with Gasteiger partial charge in [0.15, 0.2) is 0 Å². The molecule has 0 spiro atoms. The Morgan fingerprint density at radius 2 is 1.86 bits per heavy atom. The molecule has 1 aromatic heterocycles. The summed E-state index contributed by atoms with van der Waals surface area (Å²) in [6.07, 6.45) is 2.94. The number of ether oxygens (including phenoxy) is 1. The zero-order valence-electron chi connectivity index (χ0n) is 20.4. The first-order valence-corrected chi connectivity index (χ1v) is 11.5. The maximum absolute atomic E-state index is 14.8. The molecule has 2 heterocycles. The minimum absolute atomic E-state index is 0.222. The van der Waals surface area contributed by atoms with Crippen molar-refractivity contribution < 1.29 is 28.2 Å². The molecule has 1 atom stereocenters. The lowest BCUT2D eigenvalue weighted by atomic mass is 9.84. The van der Waals surface area contributed by atoms with Crippen LogP contribution in [0.5, 0.6) is 5.75 Å². The molecule has 1 unspecified atom stereocenters. The van der Waals surface area contributed by atoms with E-state index in [4.69, 9.17) is 4.74 Å². The molecule has 3 aromatic rings. The lowest BCUT2D eigenvalue weighted by molar-refractivity contribution is -0.132. The maximum atomic E-state index is 14.8. The fourth-order valence-electron chi connectivity index (χ4n) is 4.31. The fraction of sp³-hybridized carbons (Fsp3) is 0.250. The Bertz CT molecular complexity index is 1360. The smallest absolute Gasteiger partial charge is 0.300 e. The molecule has 1 aliphatic rings. The zero-order valence-corrected chi connectivity index (χ0v) is 20.4. The first kappa shape index (κ1) is 25.0. The van der Waals surface area contributed by atoms with Crippen molar-refractivity contribution >= 4 is 23.1 Å². The summed E-state index contributed by atoms with van der Waals surface area (Å²) < 4.78 is 34.1. The van der Waals surface area contributed by atoms with Crippen LogP contribution < -0.4 is 9.64 Å². The standard InChI is InChI=1S/C28H26F2N2O4/c1-5-36-22-11-8-16(13-19(22)28(2,3)4)25(33)23-24(17-7-6-12-31-15-17)32(27(35)26(23)34)21-10-9-18(29)14-20(21)30/h6-15,24,33H,5H2,1-4H3/b25-23-. The van der Waals surface area contributed by atoms with Gasteiger partial charge in [-0.3, -0.25) is 19.5 Å². The Labute approximate surface area is 207 Å². The topological polar surface area (TPSA) is 79.7 Å². The largest absolute Gasteiger partial charge is 0.507 e. The minimum Gasteiger partial charge on any atom is -0.507 e. The summed E-state index contributed by atoms with van der Waals surface area (Å²) in [7, 11) is 0. The monoisotopic (exact) mass is 492 g/mol. The summed E-state index contributed by atoms with van der Waals surface area (Å²) in [5.41, 5.74) is 0.616. The Balaban J connectivity index is 1.95. The van der Waals surface area contributed by atoms with Gasteiger partial charge in [-0.25, -0.2) is 8.78 Å². The predicted molar refractivity (Wildman–Crippen MR) is 132 cm³/mol. The molecule has 1 N–H and O–H groups in total. The van der Waals surface area contributed by atoms with Crippen LogP contribution in [-0.2, 0) is 15.0 Å². The quantitative estimate of drug-likeness (QED) is 0.282. The van der Waals surface area contributed by atoms with Crippen LogP contribution in [0.3, 0.4) is 0 Å². The number of halogens is 2. The fourth-order valence-corrected chi connectivity index (χ4v) is 4.31. The highest BCUT2D eigenvalue weighted by molar-refractivity contribution is 6.51. The van der Waals surface area contributed by atoms with E-state index >= 15 is 0 Å². The normalized spacial score (nSPS) is 17.5. The van der Waals surface area contributed by atoms with Gasteiger partial charge in [0.25, 0.3) is 11.7 Å². The van der Waals surface area contributed by atoms with Crippen LogP contribution in [0.2, 0.25) is 0 Å². The third-order valence-electron chi connectivity index (χ3n) is 5.97. The third kappa shape index (κ3) is 4.46. The Kier molecular flexibility index (Phi) is 6.63. The van der Waals surface area contributed by atoms with E-state index in [9.17, 15) is 23.5 Å². The molecule has 1 aliphatic heterocycles. The molecule has 0 radical (unpaired) electrons. The van der Waals surface area contributed by atoms with Crippen molar-refractivity contribution in [2.75, 3.05) is 11.5 Å². The molecule has 36 heavy (non-hydrogen) atoms. The Morgan fingerprint density at radius 1 is 1.11 bits per heavy atom. The molecule has 0 saturated carbocycles. The van der Waals surface area contributed by atoms with Gasteiger partial charge >= 0.3 is 0 Å². The summed E-state index contributed by atoms with van der Waals surface area (Å²) in [5, 5.41) is 11.4. The number of pyridine rings is 1. The van der Waals surface area contributed by atoms with Crippen molar-refractivity contribution in [3.05, 3.63) is 94.8 Å². The zero-order chi connectivity index (χ0) is 26.2. The van der Waals surface area contributed by atoms with Crippen LogP contribution in [0, 0.1) is 11.6 Å². The van der Waals surface area contributed by atoms with Gasteiger partial charge in [0.2, 0.25) is 0 Å². The lowest BCUT2D eigenvalue weighted by Crippen LogP contribution is -2.30. The highest BCUT2D eigenvalue weighted by atomic mass is 19.1. The van der Waals surface area contributed by atoms with E-state index in [-0.39, 0.29) is 16.7 Å². The van der Waals surface area contributed by atoms with E-state index in [1.807, 2.05) is 27.7 Å². The van der Waals surface area contributed by atoms with Crippen LogP contribution in [0.1, 0.15) is 50.4 Å². The number of aliphatic hydroxyl groups excluding tert-OH is 1. The number of hydrogen-bond acceptors (Lipinski definition) is 5. The van der Waals surface area contributed by atoms with Crippen LogP contribution in [-0.4, -0.2) is 28.4 Å². The molecule has 1 amide bonds. The van der Waals surface area contributed by atoms with Gasteiger partial charge in [-0.15, -0.1) is 0 Å².